The van der Waals surface area contributed by atoms with E-state index in [1.54, 1.807) is 6.08 Å². The Kier molecular flexibility index (Phi) is 4.14. The number of carbonyl (C=O) groups excluding carboxylic acids is 1. The van der Waals surface area contributed by atoms with Crippen LogP contribution in [0.2, 0.25) is 0 Å². The lowest BCUT2D eigenvalue weighted by molar-refractivity contribution is -0.103. The van der Waals surface area contributed by atoms with Gasteiger partial charge in [-0.15, -0.1) is 10.2 Å². The van der Waals surface area contributed by atoms with Gasteiger partial charge in [0.2, 0.25) is 5.82 Å². The van der Waals surface area contributed by atoms with Crippen LogP contribution in [0.1, 0.15) is 18.3 Å². The second-order valence-electron chi connectivity index (χ2n) is 4.05. The van der Waals surface area contributed by atoms with E-state index in [0.717, 1.165) is 0 Å². The molecule has 0 radical (unpaired) electrons. The summed E-state index contributed by atoms with van der Waals surface area (Å²) in [5.41, 5.74) is 1.45. The third-order valence-corrected chi connectivity index (χ3v) is 2.66. The fraction of sp³-hybridized carbons (Fsp3) is 0.143. The van der Waals surface area contributed by atoms with E-state index in [2.05, 4.69) is 22.0 Å². The van der Waals surface area contributed by atoms with Crippen molar-refractivity contribution in [2.75, 3.05) is 0 Å². The van der Waals surface area contributed by atoms with E-state index in [9.17, 15) is 9.18 Å². The van der Waals surface area contributed by atoms with Crippen LogP contribution in [-0.4, -0.2) is 26.5 Å². The van der Waals surface area contributed by atoms with Gasteiger partial charge in [-0.1, -0.05) is 18.7 Å². The van der Waals surface area contributed by atoms with Crippen molar-refractivity contribution in [2.24, 2.45) is 0 Å². The number of halogens is 1. The van der Waals surface area contributed by atoms with E-state index in [-0.39, 0.29) is 5.82 Å². The summed E-state index contributed by atoms with van der Waals surface area (Å²) in [6, 6.07) is 5.64. The van der Waals surface area contributed by atoms with Gasteiger partial charge < -0.3 is 0 Å². The van der Waals surface area contributed by atoms with Crippen LogP contribution in [0.15, 0.2) is 36.9 Å². The van der Waals surface area contributed by atoms with Crippen molar-refractivity contribution >= 4 is 17.4 Å². The molecule has 0 N–H and O–H groups in total. The summed E-state index contributed by atoms with van der Waals surface area (Å²) in [5.74, 6) is -0.00121. The van der Waals surface area contributed by atoms with Crippen LogP contribution in [0, 0.1) is 5.82 Å². The molecule has 0 aliphatic carbocycles. The van der Waals surface area contributed by atoms with Crippen LogP contribution < -0.4 is 0 Å². The number of aryl methyl sites for hydroxylation is 1. The van der Waals surface area contributed by atoms with Gasteiger partial charge in [-0.25, -0.2) is 4.39 Å². The Labute approximate surface area is 115 Å². The molecule has 1 aromatic heterocycles. The summed E-state index contributed by atoms with van der Waals surface area (Å²) >= 11 is 0. The minimum atomic E-state index is -0.356. The number of rotatable bonds is 5. The van der Waals surface area contributed by atoms with Crippen LogP contribution in [0.25, 0.3) is 11.1 Å². The molecule has 2 rings (SSSR count). The molecule has 1 heterocycles. The molecule has 0 unspecified atom stereocenters. The van der Waals surface area contributed by atoms with Crippen LogP contribution in [0.5, 0.6) is 0 Å². The summed E-state index contributed by atoms with van der Waals surface area (Å²) in [6.07, 6.45) is 2.24. The second-order valence-corrected chi connectivity index (χ2v) is 4.05. The zero-order valence-corrected chi connectivity index (χ0v) is 11.0. The van der Waals surface area contributed by atoms with Crippen LogP contribution in [0.4, 0.5) is 4.39 Å². The largest absolute Gasteiger partial charge is 0.298 e. The number of nitrogens with zero attached hydrogens (tertiary/aromatic N) is 4. The molecular weight excluding hydrogens is 259 g/mol. The quantitative estimate of drug-likeness (QED) is 0.475. The highest BCUT2D eigenvalue weighted by Gasteiger charge is 2.07. The monoisotopic (exact) mass is 272 g/mol. The molecule has 0 saturated carbocycles. The highest BCUT2D eigenvalue weighted by atomic mass is 19.1. The number of aldehydes is 1. The topological polar surface area (TPSA) is 60.7 Å². The van der Waals surface area contributed by atoms with E-state index in [1.165, 1.54) is 29.1 Å². The van der Waals surface area contributed by atoms with Crippen molar-refractivity contribution in [1.29, 1.82) is 0 Å². The minimum Gasteiger partial charge on any atom is -0.298 e. The van der Waals surface area contributed by atoms with Crippen LogP contribution >= 0.6 is 0 Å². The molecule has 20 heavy (non-hydrogen) atoms. The van der Waals surface area contributed by atoms with Gasteiger partial charge in [0, 0.05) is 11.1 Å². The maximum absolute atomic E-state index is 12.9. The molecular formula is C14H13FN4O. The van der Waals surface area contributed by atoms with E-state index < -0.39 is 0 Å². The fourth-order valence-electron chi connectivity index (χ4n) is 1.59. The second kappa shape index (κ2) is 6.01. The van der Waals surface area contributed by atoms with Crippen molar-refractivity contribution < 1.29 is 9.18 Å². The maximum atomic E-state index is 12.9. The first-order chi connectivity index (χ1) is 9.63. The van der Waals surface area contributed by atoms with Crippen molar-refractivity contribution in [2.45, 2.75) is 13.5 Å². The first kappa shape index (κ1) is 13.8. The molecule has 5 nitrogen and oxygen atoms in total. The molecule has 0 atom stereocenters. The molecule has 0 fully saturated rings. The number of hydrogen-bond acceptors (Lipinski definition) is 4. The van der Waals surface area contributed by atoms with Crippen LogP contribution in [-0.2, 0) is 11.3 Å². The molecule has 0 amide bonds. The van der Waals surface area contributed by atoms with E-state index in [1.807, 2.05) is 6.92 Å². The molecule has 6 heteroatoms. The maximum Gasteiger partial charge on any atom is 0.204 e. The van der Waals surface area contributed by atoms with Gasteiger partial charge in [0.25, 0.3) is 0 Å². The van der Waals surface area contributed by atoms with E-state index in [0.29, 0.717) is 35.4 Å². The van der Waals surface area contributed by atoms with Gasteiger partial charge in [-0.3, -0.25) is 4.79 Å². The number of carbonyl (C=O) groups is 1. The smallest absolute Gasteiger partial charge is 0.204 e. The standard InChI is InChI=1S/C14H13FN4O/c1-3-19-17-14(16-18-19)10(2)8-12(9-20)11-4-6-13(15)7-5-11/h4-9H,2-3H2,1H3. The van der Waals surface area contributed by atoms with Crippen molar-refractivity contribution in [3.05, 3.63) is 54.1 Å². The molecule has 0 bridgehead atoms. The summed E-state index contributed by atoms with van der Waals surface area (Å²) in [4.78, 5) is 12.6. The zero-order chi connectivity index (χ0) is 14.5. The predicted molar refractivity (Wildman–Crippen MR) is 73.0 cm³/mol. The Morgan fingerprint density at radius 1 is 1.40 bits per heavy atom. The Morgan fingerprint density at radius 2 is 2.10 bits per heavy atom. The van der Waals surface area contributed by atoms with Gasteiger partial charge in [0.1, 0.15) is 5.82 Å². The molecule has 2 aromatic rings. The lowest BCUT2D eigenvalue weighted by atomic mass is 10.0. The average Bonchev–Trinajstić information content (AvgIpc) is 2.94. The Morgan fingerprint density at radius 3 is 2.65 bits per heavy atom. The lowest BCUT2D eigenvalue weighted by Crippen LogP contribution is -1.98. The normalized spacial score (nSPS) is 11.4. The number of aromatic nitrogens is 4. The van der Waals surface area contributed by atoms with Gasteiger partial charge in [0.05, 0.1) is 6.54 Å². The molecule has 0 saturated heterocycles. The Balaban J connectivity index is 2.28. The zero-order valence-electron chi connectivity index (χ0n) is 11.0. The summed E-state index contributed by atoms with van der Waals surface area (Å²) in [7, 11) is 0. The third kappa shape index (κ3) is 3.03. The fourth-order valence-corrected chi connectivity index (χ4v) is 1.59. The van der Waals surface area contributed by atoms with Gasteiger partial charge in [-0.05, 0) is 35.9 Å². The first-order valence-corrected chi connectivity index (χ1v) is 6.04. The number of allylic oxidation sites excluding steroid dienone is 3. The molecule has 102 valence electrons. The SMILES string of the molecule is C=C(C=C(C=O)c1ccc(F)cc1)c1nnn(CC)n1. The molecule has 1 aromatic carbocycles. The Hall–Kier alpha value is -2.63. The van der Waals surface area contributed by atoms with E-state index >= 15 is 0 Å². The van der Waals surface area contributed by atoms with Crippen molar-refractivity contribution in [3.63, 3.8) is 0 Å². The number of benzene rings is 1. The van der Waals surface area contributed by atoms with Gasteiger partial charge >= 0.3 is 0 Å². The van der Waals surface area contributed by atoms with Crippen molar-refractivity contribution in [3.8, 4) is 0 Å². The van der Waals surface area contributed by atoms with E-state index in [4.69, 9.17) is 0 Å². The first-order valence-electron chi connectivity index (χ1n) is 6.04. The lowest BCUT2D eigenvalue weighted by Gasteiger charge is -2.00. The van der Waals surface area contributed by atoms with Crippen LogP contribution in [0.3, 0.4) is 0 Å². The highest BCUT2D eigenvalue weighted by molar-refractivity contribution is 6.09. The van der Waals surface area contributed by atoms with Gasteiger partial charge in [0.15, 0.2) is 6.29 Å². The van der Waals surface area contributed by atoms with Crippen molar-refractivity contribution in [1.82, 2.24) is 20.2 Å². The molecule has 0 aliphatic heterocycles. The Bertz CT molecular complexity index is 658. The van der Waals surface area contributed by atoms with Gasteiger partial charge in [-0.2, -0.15) is 4.80 Å². The highest BCUT2D eigenvalue weighted by Crippen LogP contribution is 2.18. The molecule has 0 spiro atoms. The summed E-state index contributed by atoms with van der Waals surface area (Å²) in [5, 5.41) is 11.8. The summed E-state index contributed by atoms with van der Waals surface area (Å²) in [6.45, 7) is 6.30. The minimum absolute atomic E-state index is 0.355. The number of hydrogen-bond donors (Lipinski definition) is 0. The number of tetrazole rings is 1. The third-order valence-electron chi connectivity index (χ3n) is 2.66. The predicted octanol–water partition coefficient (Wildman–Crippen LogP) is 2.13. The summed E-state index contributed by atoms with van der Waals surface area (Å²) < 4.78 is 12.9. The average molecular weight is 272 g/mol. The molecule has 0 aliphatic rings.